The quantitative estimate of drug-likeness (QED) is 0.833. The lowest BCUT2D eigenvalue weighted by Gasteiger charge is -2.14. The number of halogens is 3. The van der Waals surface area contributed by atoms with Gasteiger partial charge in [0.2, 0.25) is 0 Å². The Morgan fingerprint density at radius 2 is 1.86 bits per heavy atom. The van der Waals surface area contributed by atoms with Gasteiger partial charge in [-0.3, -0.25) is 4.79 Å². The monoisotopic (exact) mass is 369 g/mol. The largest absolute Gasteiger partial charge is 0.326 e. The van der Waals surface area contributed by atoms with E-state index in [4.69, 9.17) is 0 Å². The number of anilines is 1. The van der Waals surface area contributed by atoms with E-state index in [1.54, 1.807) is 12.1 Å². The van der Waals surface area contributed by atoms with Crippen LogP contribution in [0.4, 0.5) is 14.5 Å². The van der Waals surface area contributed by atoms with Crippen molar-refractivity contribution in [1.29, 1.82) is 0 Å². The van der Waals surface area contributed by atoms with Crippen molar-refractivity contribution in [3.05, 3.63) is 64.1 Å². The molecule has 0 heterocycles. The molecule has 0 bridgehead atoms. The lowest BCUT2D eigenvalue weighted by molar-refractivity contribution is -0.885. The number of hydrogen-bond donors (Lipinski definition) is 2. The van der Waals surface area contributed by atoms with Crippen LogP contribution in [0.3, 0.4) is 0 Å². The first-order chi connectivity index (χ1) is 10.4. The molecule has 0 aliphatic rings. The van der Waals surface area contributed by atoms with Gasteiger partial charge in [0.05, 0.1) is 7.05 Å². The van der Waals surface area contributed by atoms with E-state index in [1.165, 1.54) is 30.3 Å². The highest BCUT2D eigenvalue weighted by atomic mass is 79.9. The van der Waals surface area contributed by atoms with Gasteiger partial charge >= 0.3 is 0 Å². The second-order valence-corrected chi connectivity index (χ2v) is 6.02. The second-order valence-electron chi connectivity index (χ2n) is 5.10. The summed E-state index contributed by atoms with van der Waals surface area (Å²) in [4.78, 5) is 12.8. The Bertz CT molecular complexity index is 662. The predicted molar refractivity (Wildman–Crippen MR) is 84.6 cm³/mol. The van der Waals surface area contributed by atoms with Crippen molar-refractivity contribution in [3.63, 3.8) is 0 Å². The summed E-state index contributed by atoms with van der Waals surface area (Å²) in [5, 5.41) is 2.68. The summed E-state index contributed by atoms with van der Waals surface area (Å²) in [7, 11) is 1.81. The first-order valence-corrected chi connectivity index (χ1v) is 7.54. The average Bonchev–Trinajstić information content (AvgIpc) is 2.44. The number of benzene rings is 2. The fraction of sp³-hybridized carbons (Fsp3) is 0.188. The van der Waals surface area contributed by atoms with Crippen LogP contribution >= 0.6 is 15.9 Å². The van der Waals surface area contributed by atoms with Crippen molar-refractivity contribution in [2.75, 3.05) is 18.9 Å². The van der Waals surface area contributed by atoms with E-state index in [0.29, 0.717) is 22.3 Å². The molecule has 22 heavy (non-hydrogen) atoms. The van der Waals surface area contributed by atoms with Gasteiger partial charge in [0.25, 0.3) is 5.91 Å². The zero-order chi connectivity index (χ0) is 16.1. The third-order valence-electron chi connectivity index (χ3n) is 3.10. The molecule has 1 unspecified atom stereocenters. The molecule has 0 spiro atoms. The molecule has 0 radical (unpaired) electrons. The van der Waals surface area contributed by atoms with Crippen LogP contribution < -0.4 is 10.2 Å². The van der Waals surface area contributed by atoms with Crippen LogP contribution in [0.2, 0.25) is 0 Å². The van der Waals surface area contributed by atoms with Crippen molar-refractivity contribution in [1.82, 2.24) is 0 Å². The van der Waals surface area contributed by atoms with Gasteiger partial charge in [0, 0.05) is 15.7 Å². The number of nitrogens with one attached hydrogen (secondary N) is 2. The SMILES string of the molecule is C[NH+](CC(=O)Nc1ccc(F)cc1)Cc1ccc(Br)cc1F. The Balaban J connectivity index is 1.89. The highest BCUT2D eigenvalue weighted by Gasteiger charge is 2.13. The molecule has 1 atom stereocenters. The van der Waals surface area contributed by atoms with E-state index in [-0.39, 0.29) is 24.1 Å². The van der Waals surface area contributed by atoms with E-state index in [9.17, 15) is 13.6 Å². The summed E-state index contributed by atoms with van der Waals surface area (Å²) >= 11 is 3.21. The molecule has 116 valence electrons. The third kappa shape index (κ3) is 4.89. The molecule has 0 saturated heterocycles. The lowest BCUT2D eigenvalue weighted by atomic mass is 10.2. The fourth-order valence-corrected chi connectivity index (χ4v) is 2.40. The molecule has 6 heteroatoms. The molecule has 3 nitrogen and oxygen atoms in total. The number of carbonyl (C=O) groups excluding carboxylic acids is 1. The van der Waals surface area contributed by atoms with E-state index in [0.717, 1.165) is 4.90 Å². The molecule has 2 aromatic rings. The van der Waals surface area contributed by atoms with E-state index >= 15 is 0 Å². The van der Waals surface area contributed by atoms with Crippen molar-refractivity contribution < 1.29 is 18.5 Å². The van der Waals surface area contributed by atoms with Crippen molar-refractivity contribution in [2.24, 2.45) is 0 Å². The first-order valence-electron chi connectivity index (χ1n) is 6.74. The van der Waals surface area contributed by atoms with Crippen LogP contribution in [0.1, 0.15) is 5.56 Å². The molecule has 0 saturated carbocycles. The summed E-state index contributed by atoms with van der Waals surface area (Å²) in [6, 6.07) is 10.4. The Kier molecular flexibility index (Phi) is 5.63. The van der Waals surface area contributed by atoms with Crippen LogP contribution in [-0.4, -0.2) is 19.5 Å². The maximum absolute atomic E-state index is 13.8. The molecule has 0 aliphatic carbocycles. The van der Waals surface area contributed by atoms with Crippen molar-refractivity contribution in [3.8, 4) is 0 Å². The maximum atomic E-state index is 13.8. The summed E-state index contributed by atoms with van der Waals surface area (Å²) in [6.07, 6.45) is 0. The predicted octanol–water partition coefficient (Wildman–Crippen LogP) is 2.38. The molecule has 1 amide bonds. The van der Waals surface area contributed by atoms with Crippen LogP contribution in [0.15, 0.2) is 46.9 Å². The summed E-state index contributed by atoms with van der Waals surface area (Å²) < 4.78 is 27.2. The normalized spacial score (nSPS) is 12.0. The highest BCUT2D eigenvalue weighted by molar-refractivity contribution is 9.10. The number of quaternary nitrogens is 1. The third-order valence-corrected chi connectivity index (χ3v) is 3.59. The molecule has 0 fully saturated rings. The van der Waals surface area contributed by atoms with Crippen LogP contribution in [-0.2, 0) is 11.3 Å². The first kappa shape index (κ1) is 16.6. The Labute approximate surface area is 136 Å². The molecule has 2 rings (SSSR count). The molecular weight excluding hydrogens is 354 g/mol. The topological polar surface area (TPSA) is 33.5 Å². The zero-order valence-electron chi connectivity index (χ0n) is 12.0. The number of amides is 1. The maximum Gasteiger partial charge on any atom is 0.279 e. The molecular formula is C16H16BrF2N2O+. The molecule has 2 aromatic carbocycles. The summed E-state index contributed by atoms with van der Waals surface area (Å²) in [6.45, 7) is 0.586. The minimum absolute atomic E-state index is 0.187. The molecule has 0 aliphatic heterocycles. The van der Waals surface area contributed by atoms with Crippen LogP contribution in [0.5, 0.6) is 0 Å². The second kappa shape index (κ2) is 7.47. The van der Waals surface area contributed by atoms with Gasteiger partial charge < -0.3 is 10.2 Å². The Morgan fingerprint density at radius 3 is 2.50 bits per heavy atom. The van der Waals surface area contributed by atoms with Crippen LogP contribution in [0.25, 0.3) is 0 Å². The Hall–Kier alpha value is -1.79. The van der Waals surface area contributed by atoms with E-state index in [2.05, 4.69) is 21.2 Å². The summed E-state index contributed by atoms with van der Waals surface area (Å²) in [5.74, 6) is -0.860. The zero-order valence-corrected chi connectivity index (χ0v) is 13.6. The van der Waals surface area contributed by atoms with Gasteiger partial charge in [0.1, 0.15) is 18.2 Å². The number of carbonyl (C=O) groups is 1. The highest BCUT2D eigenvalue weighted by Crippen LogP contribution is 2.14. The van der Waals surface area contributed by atoms with Crippen molar-refractivity contribution >= 4 is 27.5 Å². The standard InChI is InChI=1S/C16H15BrF2N2O/c1-21(9-11-2-3-12(17)8-15(11)19)10-16(22)20-14-6-4-13(18)5-7-14/h2-8H,9-10H2,1H3,(H,20,22)/p+1. The molecule has 2 N–H and O–H groups in total. The fourth-order valence-electron chi connectivity index (χ4n) is 2.07. The van der Waals surface area contributed by atoms with Crippen molar-refractivity contribution in [2.45, 2.75) is 6.54 Å². The Morgan fingerprint density at radius 1 is 1.18 bits per heavy atom. The smallest absolute Gasteiger partial charge is 0.279 e. The van der Waals surface area contributed by atoms with E-state index < -0.39 is 0 Å². The molecule has 0 aromatic heterocycles. The minimum atomic E-state index is -0.355. The number of likely N-dealkylation sites (N-methyl/N-ethyl adjacent to an activating group) is 1. The van der Waals surface area contributed by atoms with Gasteiger partial charge in [-0.05, 0) is 42.5 Å². The van der Waals surface area contributed by atoms with Gasteiger partial charge in [0.15, 0.2) is 6.54 Å². The lowest BCUT2D eigenvalue weighted by Crippen LogP contribution is -3.08. The van der Waals surface area contributed by atoms with Gasteiger partial charge in [-0.2, -0.15) is 0 Å². The number of rotatable bonds is 5. The van der Waals surface area contributed by atoms with Gasteiger partial charge in [-0.15, -0.1) is 0 Å². The average molecular weight is 370 g/mol. The minimum Gasteiger partial charge on any atom is -0.326 e. The van der Waals surface area contributed by atoms with Crippen LogP contribution in [0, 0.1) is 11.6 Å². The van der Waals surface area contributed by atoms with E-state index in [1.807, 2.05) is 7.05 Å². The number of hydrogen-bond acceptors (Lipinski definition) is 1. The van der Waals surface area contributed by atoms with Gasteiger partial charge in [-0.1, -0.05) is 15.9 Å². The summed E-state index contributed by atoms with van der Waals surface area (Å²) in [5.41, 5.74) is 1.09. The van der Waals surface area contributed by atoms with Gasteiger partial charge in [-0.25, -0.2) is 8.78 Å².